The number of piperidine rings is 1. The summed E-state index contributed by atoms with van der Waals surface area (Å²) in [5.74, 6) is 0. The maximum Gasteiger partial charge on any atom is 0.0971 e. The molecule has 0 bridgehead atoms. The highest BCUT2D eigenvalue weighted by Gasteiger charge is 2.22. The van der Waals surface area contributed by atoms with Crippen LogP contribution in [0.5, 0.6) is 0 Å². The summed E-state index contributed by atoms with van der Waals surface area (Å²) in [6.45, 7) is 3.09. The van der Waals surface area contributed by atoms with Crippen molar-refractivity contribution in [3.05, 3.63) is 42.2 Å². The standard InChI is InChI=1S/C16H23N5/c1-17-12-16-9-5-6-10-20(16)13-14-11-18-21(19-14)15-7-3-2-4-8-15/h2-4,7-8,11,16-17H,5-6,9-10,12-13H2,1H3. The quantitative estimate of drug-likeness (QED) is 0.910. The molecule has 0 amide bonds. The zero-order valence-corrected chi connectivity index (χ0v) is 12.6. The second-order valence-corrected chi connectivity index (χ2v) is 5.64. The number of hydrogen-bond donors (Lipinski definition) is 1. The van der Waals surface area contributed by atoms with Gasteiger partial charge in [0.1, 0.15) is 0 Å². The Bertz CT molecular complexity index is 549. The summed E-state index contributed by atoms with van der Waals surface area (Å²) < 4.78 is 0. The Morgan fingerprint density at radius 2 is 2.10 bits per heavy atom. The van der Waals surface area contributed by atoms with Crippen molar-refractivity contribution in [1.29, 1.82) is 0 Å². The van der Waals surface area contributed by atoms with Crippen LogP contribution in [0.25, 0.3) is 5.69 Å². The number of likely N-dealkylation sites (N-methyl/N-ethyl adjacent to an activating group) is 1. The minimum absolute atomic E-state index is 0.616. The number of aromatic nitrogens is 3. The Morgan fingerprint density at radius 3 is 2.90 bits per heavy atom. The third-order valence-electron chi connectivity index (χ3n) is 4.08. The molecule has 1 aromatic heterocycles. The molecular weight excluding hydrogens is 262 g/mol. The smallest absolute Gasteiger partial charge is 0.0971 e. The highest BCUT2D eigenvalue weighted by atomic mass is 15.5. The van der Waals surface area contributed by atoms with Crippen molar-refractivity contribution in [3.8, 4) is 5.69 Å². The number of nitrogens with zero attached hydrogens (tertiary/aromatic N) is 4. The molecule has 0 aliphatic carbocycles. The van der Waals surface area contributed by atoms with Crippen LogP contribution in [0, 0.1) is 0 Å². The van der Waals surface area contributed by atoms with E-state index in [0.717, 1.165) is 31.0 Å². The Kier molecular flexibility index (Phi) is 4.62. The minimum atomic E-state index is 0.616. The molecule has 112 valence electrons. The molecule has 0 radical (unpaired) electrons. The first-order chi connectivity index (χ1) is 10.4. The topological polar surface area (TPSA) is 46.0 Å². The van der Waals surface area contributed by atoms with Crippen LogP contribution in [0.1, 0.15) is 25.0 Å². The molecule has 5 heteroatoms. The number of nitrogens with one attached hydrogen (secondary N) is 1. The van der Waals surface area contributed by atoms with Crippen molar-refractivity contribution in [2.45, 2.75) is 31.8 Å². The second-order valence-electron chi connectivity index (χ2n) is 5.64. The Balaban J connectivity index is 1.69. The second kappa shape index (κ2) is 6.83. The van der Waals surface area contributed by atoms with Gasteiger partial charge in [-0.2, -0.15) is 15.0 Å². The average molecular weight is 285 g/mol. The van der Waals surface area contributed by atoms with Gasteiger partial charge in [0.25, 0.3) is 0 Å². The molecule has 0 saturated carbocycles. The van der Waals surface area contributed by atoms with Gasteiger partial charge in [0, 0.05) is 19.1 Å². The van der Waals surface area contributed by atoms with E-state index in [1.54, 1.807) is 4.80 Å². The van der Waals surface area contributed by atoms with Crippen LogP contribution < -0.4 is 5.32 Å². The molecule has 1 aliphatic heterocycles. The third-order valence-corrected chi connectivity index (χ3v) is 4.08. The summed E-state index contributed by atoms with van der Waals surface area (Å²) in [4.78, 5) is 4.24. The highest BCUT2D eigenvalue weighted by molar-refractivity contribution is 5.28. The molecule has 3 rings (SSSR count). The van der Waals surface area contributed by atoms with Crippen LogP contribution >= 0.6 is 0 Å². The molecule has 1 atom stereocenters. The first-order valence-electron chi connectivity index (χ1n) is 7.72. The molecule has 1 fully saturated rings. The summed E-state index contributed by atoms with van der Waals surface area (Å²) >= 11 is 0. The zero-order chi connectivity index (χ0) is 14.5. The summed E-state index contributed by atoms with van der Waals surface area (Å²) in [5, 5.41) is 12.3. The Hall–Kier alpha value is -1.72. The van der Waals surface area contributed by atoms with Gasteiger partial charge in [-0.3, -0.25) is 4.90 Å². The van der Waals surface area contributed by atoms with E-state index in [-0.39, 0.29) is 0 Å². The SMILES string of the molecule is CNCC1CCCCN1Cc1cnn(-c2ccccc2)n1. The lowest BCUT2D eigenvalue weighted by Gasteiger charge is -2.35. The first-order valence-corrected chi connectivity index (χ1v) is 7.72. The molecule has 1 saturated heterocycles. The molecule has 1 N–H and O–H groups in total. The van der Waals surface area contributed by atoms with Crippen molar-refractivity contribution in [3.63, 3.8) is 0 Å². The van der Waals surface area contributed by atoms with Gasteiger partial charge in [-0.25, -0.2) is 0 Å². The maximum absolute atomic E-state index is 4.61. The van der Waals surface area contributed by atoms with E-state index in [1.807, 2.05) is 43.6 Å². The molecule has 21 heavy (non-hydrogen) atoms. The van der Waals surface area contributed by atoms with Crippen molar-refractivity contribution in [2.24, 2.45) is 0 Å². The lowest BCUT2D eigenvalue weighted by atomic mass is 10.0. The summed E-state index contributed by atoms with van der Waals surface area (Å²) in [7, 11) is 2.03. The van der Waals surface area contributed by atoms with E-state index in [0.29, 0.717) is 6.04 Å². The molecule has 1 aliphatic rings. The fourth-order valence-electron chi connectivity index (χ4n) is 3.00. The third kappa shape index (κ3) is 3.49. The molecule has 0 spiro atoms. The predicted molar refractivity (Wildman–Crippen MR) is 83.3 cm³/mol. The zero-order valence-electron chi connectivity index (χ0n) is 12.6. The number of para-hydroxylation sites is 1. The molecular formula is C16H23N5. The number of benzene rings is 1. The van der Waals surface area contributed by atoms with Crippen molar-refractivity contribution in [2.75, 3.05) is 20.1 Å². The van der Waals surface area contributed by atoms with Crippen LogP contribution in [0.15, 0.2) is 36.5 Å². The Labute approximate surface area is 126 Å². The normalized spacial score (nSPS) is 19.8. The van der Waals surface area contributed by atoms with Gasteiger partial charge in [0.2, 0.25) is 0 Å². The average Bonchev–Trinajstić information content (AvgIpc) is 2.99. The van der Waals surface area contributed by atoms with E-state index in [9.17, 15) is 0 Å². The van der Waals surface area contributed by atoms with Gasteiger partial charge >= 0.3 is 0 Å². The predicted octanol–water partition coefficient (Wildman–Crippen LogP) is 1.84. The van der Waals surface area contributed by atoms with Gasteiger partial charge in [-0.05, 0) is 38.6 Å². The van der Waals surface area contributed by atoms with Gasteiger partial charge in [0.05, 0.1) is 17.6 Å². The summed E-state index contributed by atoms with van der Waals surface area (Å²) in [6, 6.07) is 10.7. The first kappa shape index (κ1) is 14.2. The largest absolute Gasteiger partial charge is 0.318 e. The lowest BCUT2D eigenvalue weighted by Crippen LogP contribution is -2.44. The van der Waals surface area contributed by atoms with E-state index in [1.165, 1.54) is 19.3 Å². The van der Waals surface area contributed by atoms with Crippen molar-refractivity contribution < 1.29 is 0 Å². The summed E-state index contributed by atoms with van der Waals surface area (Å²) in [5.41, 5.74) is 2.05. The van der Waals surface area contributed by atoms with E-state index in [4.69, 9.17) is 0 Å². The number of hydrogen-bond acceptors (Lipinski definition) is 4. The minimum Gasteiger partial charge on any atom is -0.318 e. The number of rotatable bonds is 5. The van der Waals surface area contributed by atoms with Gasteiger partial charge < -0.3 is 5.32 Å². The van der Waals surface area contributed by atoms with Crippen molar-refractivity contribution >= 4 is 0 Å². The fraction of sp³-hybridized carbons (Fsp3) is 0.500. The fourth-order valence-corrected chi connectivity index (χ4v) is 3.00. The van der Waals surface area contributed by atoms with Crippen LogP contribution in [0.4, 0.5) is 0 Å². The highest BCUT2D eigenvalue weighted by Crippen LogP contribution is 2.18. The molecule has 2 aromatic rings. The van der Waals surface area contributed by atoms with Crippen LogP contribution in [0.3, 0.4) is 0 Å². The monoisotopic (exact) mass is 285 g/mol. The molecule has 1 unspecified atom stereocenters. The van der Waals surface area contributed by atoms with E-state index in [2.05, 4.69) is 20.4 Å². The van der Waals surface area contributed by atoms with Crippen LogP contribution in [-0.2, 0) is 6.54 Å². The van der Waals surface area contributed by atoms with E-state index < -0.39 is 0 Å². The van der Waals surface area contributed by atoms with Crippen LogP contribution in [-0.4, -0.2) is 46.1 Å². The summed E-state index contributed by atoms with van der Waals surface area (Å²) in [6.07, 6.45) is 5.78. The van der Waals surface area contributed by atoms with Gasteiger partial charge in [0.15, 0.2) is 0 Å². The van der Waals surface area contributed by atoms with Crippen molar-refractivity contribution in [1.82, 2.24) is 25.2 Å². The Morgan fingerprint density at radius 1 is 1.24 bits per heavy atom. The molecule has 2 heterocycles. The van der Waals surface area contributed by atoms with Gasteiger partial charge in [-0.15, -0.1) is 0 Å². The van der Waals surface area contributed by atoms with E-state index >= 15 is 0 Å². The number of likely N-dealkylation sites (tertiary alicyclic amines) is 1. The van der Waals surface area contributed by atoms with Crippen LogP contribution in [0.2, 0.25) is 0 Å². The molecule has 1 aromatic carbocycles. The lowest BCUT2D eigenvalue weighted by molar-refractivity contribution is 0.137. The maximum atomic E-state index is 4.61. The van der Waals surface area contributed by atoms with Gasteiger partial charge in [-0.1, -0.05) is 24.6 Å². The molecule has 5 nitrogen and oxygen atoms in total.